The van der Waals surface area contributed by atoms with Gasteiger partial charge in [0.1, 0.15) is 17.0 Å². The topological polar surface area (TPSA) is 52.8 Å². The number of fused-ring (bicyclic) bond motifs is 1. The molecule has 0 N–H and O–H groups in total. The molecule has 112 valence electrons. The first-order valence-electron chi connectivity index (χ1n) is 6.58. The van der Waals surface area contributed by atoms with Crippen molar-refractivity contribution in [3.63, 3.8) is 0 Å². The number of alkyl halides is 2. The highest BCUT2D eigenvalue weighted by atomic mass is 19.3. The number of pyridine rings is 1. The van der Waals surface area contributed by atoms with Crippen molar-refractivity contribution in [1.29, 1.82) is 0 Å². The van der Waals surface area contributed by atoms with E-state index in [1.807, 2.05) is 0 Å². The molecule has 0 saturated heterocycles. The minimum Gasteiger partial charge on any atom is -0.493 e. The highest BCUT2D eigenvalue weighted by Gasteiger charge is 2.58. The Morgan fingerprint density at radius 2 is 2.24 bits per heavy atom. The van der Waals surface area contributed by atoms with Gasteiger partial charge in [0.15, 0.2) is 0 Å². The van der Waals surface area contributed by atoms with Gasteiger partial charge in [-0.2, -0.15) is 0 Å². The van der Waals surface area contributed by atoms with Gasteiger partial charge in [-0.05, 0) is 6.92 Å². The van der Waals surface area contributed by atoms with Crippen LogP contribution in [-0.2, 0) is 4.74 Å². The molecule has 1 unspecified atom stereocenters. The summed E-state index contributed by atoms with van der Waals surface area (Å²) in [6.45, 7) is 2.15. The zero-order valence-electron chi connectivity index (χ0n) is 11.6. The van der Waals surface area contributed by atoms with Crippen molar-refractivity contribution in [1.82, 2.24) is 9.38 Å². The van der Waals surface area contributed by atoms with Gasteiger partial charge >= 0.3 is 5.97 Å². The van der Waals surface area contributed by atoms with Gasteiger partial charge in [-0.1, -0.05) is 0 Å². The third-order valence-electron chi connectivity index (χ3n) is 3.46. The number of imidazole rings is 1. The number of nitrogens with zero attached hydrogens (tertiary/aromatic N) is 2. The number of carbonyl (C=O) groups excluding carboxylic acids is 1. The van der Waals surface area contributed by atoms with Gasteiger partial charge in [0, 0.05) is 24.9 Å². The van der Waals surface area contributed by atoms with Crippen LogP contribution < -0.4 is 4.74 Å². The van der Waals surface area contributed by atoms with E-state index in [0.717, 1.165) is 0 Å². The molecule has 0 amide bonds. The first kappa shape index (κ1) is 13.8. The van der Waals surface area contributed by atoms with Gasteiger partial charge < -0.3 is 13.9 Å². The number of hydrogen-bond acceptors (Lipinski definition) is 4. The monoisotopic (exact) mass is 296 g/mol. The maximum absolute atomic E-state index is 13.1. The van der Waals surface area contributed by atoms with Crippen LogP contribution >= 0.6 is 0 Å². The molecule has 1 aliphatic carbocycles. The smallest absolute Gasteiger partial charge is 0.343 e. The van der Waals surface area contributed by atoms with Crippen LogP contribution in [0.5, 0.6) is 5.75 Å². The molecule has 1 aliphatic rings. The zero-order chi connectivity index (χ0) is 15.2. The van der Waals surface area contributed by atoms with Crippen LogP contribution in [0, 0.1) is 0 Å². The van der Waals surface area contributed by atoms with Gasteiger partial charge in [0.05, 0.1) is 25.3 Å². The summed E-state index contributed by atoms with van der Waals surface area (Å²) in [5, 5.41) is 0. The lowest BCUT2D eigenvalue weighted by Gasteiger charge is -2.09. The summed E-state index contributed by atoms with van der Waals surface area (Å²) in [6, 6.07) is 1.56. The van der Waals surface area contributed by atoms with Crippen LogP contribution in [0.4, 0.5) is 8.78 Å². The third kappa shape index (κ3) is 2.32. The lowest BCUT2D eigenvalue weighted by Crippen LogP contribution is -2.07. The quantitative estimate of drug-likeness (QED) is 0.814. The standard InChI is InChI=1S/C14H14F2N2O3/c1-3-21-11-4-12-17-10(9-5-14(9,15)16)7-18(12)6-8(11)13(19)20-2/h4,6-7,9H,3,5H2,1-2H3. The van der Waals surface area contributed by atoms with E-state index in [0.29, 0.717) is 23.7 Å². The molecule has 0 radical (unpaired) electrons. The molecule has 1 saturated carbocycles. The molecular formula is C14H14F2N2O3. The maximum Gasteiger partial charge on any atom is 0.343 e. The van der Waals surface area contributed by atoms with Crippen LogP contribution in [0.25, 0.3) is 5.65 Å². The van der Waals surface area contributed by atoms with Gasteiger partial charge in [0.2, 0.25) is 0 Å². The van der Waals surface area contributed by atoms with Crippen molar-refractivity contribution in [3.8, 4) is 5.75 Å². The van der Waals surface area contributed by atoms with Crippen molar-refractivity contribution < 1.29 is 23.0 Å². The summed E-state index contributed by atoms with van der Waals surface area (Å²) in [7, 11) is 1.27. The van der Waals surface area contributed by atoms with Crippen molar-refractivity contribution in [2.45, 2.75) is 25.2 Å². The summed E-state index contributed by atoms with van der Waals surface area (Å²) in [6.07, 6.45) is 2.82. The lowest BCUT2D eigenvalue weighted by molar-refractivity contribution is 0.0595. The second kappa shape index (κ2) is 4.68. The summed E-state index contributed by atoms with van der Waals surface area (Å²) in [4.78, 5) is 15.9. The number of halogens is 2. The van der Waals surface area contributed by atoms with Gasteiger partial charge in [-0.25, -0.2) is 18.6 Å². The molecule has 7 heteroatoms. The number of methoxy groups -OCH3 is 1. The third-order valence-corrected chi connectivity index (χ3v) is 3.46. The van der Waals surface area contributed by atoms with E-state index in [1.165, 1.54) is 19.5 Å². The van der Waals surface area contributed by atoms with Gasteiger partial charge in [-0.15, -0.1) is 0 Å². The van der Waals surface area contributed by atoms with Crippen LogP contribution in [-0.4, -0.2) is 35.0 Å². The van der Waals surface area contributed by atoms with Crippen LogP contribution in [0.3, 0.4) is 0 Å². The Bertz CT molecular complexity index is 712. The SMILES string of the molecule is CCOc1cc2nc(C3CC3(F)F)cn2cc1C(=O)OC. The maximum atomic E-state index is 13.1. The Labute approximate surface area is 119 Å². The molecule has 1 fully saturated rings. The number of hydrogen-bond donors (Lipinski definition) is 0. The van der Waals surface area contributed by atoms with E-state index >= 15 is 0 Å². The molecule has 0 bridgehead atoms. The first-order valence-corrected chi connectivity index (χ1v) is 6.58. The predicted octanol–water partition coefficient (Wildman–Crippen LogP) is 2.64. The Balaban J connectivity index is 2.06. The van der Waals surface area contributed by atoms with Crippen LogP contribution in [0.15, 0.2) is 18.5 Å². The Morgan fingerprint density at radius 3 is 2.81 bits per heavy atom. The van der Waals surface area contributed by atoms with Crippen molar-refractivity contribution in [2.24, 2.45) is 0 Å². The molecule has 0 aliphatic heterocycles. The Kier molecular flexibility index (Phi) is 3.07. The second-order valence-electron chi connectivity index (χ2n) is 4.92. The molecular weight excluding hydrogens is 282 g/mol. The number of esters is 1. The van der Waals surface area contributed by atoms with Crippen molar-refractivity contribution >= 4 is 11.6 Å². The number of ether oxygens (including phenoxy) is 2. The fourth-order valence-corrected chi connectivity index (χ4v) is 2.28. The average Bonchev–Trinajstić information content (AvgIpc) is 2.91. The summed E-state index contributed by atoms with van der Waals surface area (Å²) in [5.41, 5.74) is 1.02. The van der Waals surface area contributed by atoms with E-state index in [2.05, 4.69) is 4.98 Å². The van der Waals surface area contributed by atoms with Gasteiger partial charge in [-0.3, -0.25) is 0 Å². The molecule has 3 rings (SSSR count). The van der Waals surface area contributed by atoms with Crippen molar-refractivity contribution in [2.75, 3.05) is 13.7 Å². The normalized spacial score (nSPS) is 19.5. The first-order chi connectivity index (χ1) is 9.96. The predicted molar refractivity (Wildman–Crippen MR) is 70.0 cm³/mol. The van der Waals surface area contributed by atoms with E-state index in [4.69, 9.17) is 9.47 Å². The molecule has 2 aromatic rings. The molecule has 5 nitrogen and oxygen atoms in total. The van der Waals surface area contributed by atoms with E-state index < -0.39 is 17.8 Å². The van der Waals surface area contributed by atoms with Crippen LogP contribution in [0.2, 0.25) is 0 Å². The molecule has 21 heavy (non-hydrogen) atoms. The Morgan fingerprint density at radius 1 is 1.52 bits per heavy atom. The fraction of sp³-hybridized carbons (Fsp3) is 0.429. The Hall–Kier alpha value is -2.18. The molecule has 0 aromatic carbocycles. The summed E-state index contributed by atoms with van der Waals surface area (Å²) >= 11 is 0. The molecule has 1 atom stereocenters. The molecule has 0 spiro atoms. The number of aromatic nitrogens is 2. The summed E-state index contributed by atoms with van der Waals surface area (Å²) < 4.78 is 37.9. The van der Waals surface area contributed by atoms with Gasteiger partial charge in [0.25, 0.3) is 5.92 Å². The van der Waals surface area contributed by atoms with E-state index in [-0.39, 0.29) is 12.0 Å². The molecule has 2 aromatic heterocycles. The second-order valence-corrected chi connectivity index (χ2v) is 4.92. The zero-order valence-corrected chi connectivity index (χ0v) is 11.6. The largest absolute Gasteiger partial charge is 0.493 e. The summed E-state index contributed by atoms with van der Waals surface area (Å²) in [5.74, 6) is -3.73. The van der Waals surface area contributed by atoms with Crippen molar-refractivity contribution in [3.05, 3.63) is 29.7 Å². The minimum absolute atomic E-state index is 0.181. The van der Waals surface area contributed by atoms with E-state index in [9.17, 15) is 13.6 Å². The van der Waals surface area contributed by atoms with Crippen LogP contribution in [0.1, 0.15) is 35.3 Å². The highest BCUT2D eigenvalue weighted by molar-refractivity contribution is 5.92. The van der Waals surface area contributed by atoms with E-state index in [1.54, 1.807) is 17.4 Å². The number of rotatable bonds is 4. The minimum atomic E-state index is -2.67. The average molecular weight is 296 g/mol. The number of carbonyl (C=O) groups is 1. The molecule has 2 heterocycles. The lowest BCUT2D eigenvalue weighted by atomic mass is 10.2. The highest BCUT2D eigenvalue weighted by Crippen LogP contribution is 2.55. The fourth-order valence-electron chi connectivity index (χ4n) is 2.28.